The van der Waals surface area contributed by atoms with Gasteiger partial charge in [0.1, 0.15) is 5.82 Å². The van der Waals surface area contributed by atoms with Gasteiger partial charge < -0.3 is 5.73 Å². The lowest BCUT2D eigenvalue weighted by molar-refractivity contribution is 0.599. The first-order valence-electron chi connectivity index (χ1n) is 6.10. The number of rotatable bonds is 5. The molecule has 1 aromatic carbocycles. The lowest BCUT2D eigenvalue weighted by atomic mass is 10.2. The van der Waals surface area contributed by atoms with Crippen molar-refractivity contribution >= 4 is 0 Å². The molecule has 0 aliphatic carbocycles. The largest absolute Gasteiger partial charge is 0.325 e. The van der Waals surface area contributed by atoms with Crippen molar-refractivity contribution in [3.63, 3.8) is 0 Å². The number of halogens is 1. The van der Waals surface area contributed by atoms with Crippen molar-refractivity contribution in [1.29, 1.82) is 0 Å². The van der Waals surface area contributed by atoms with Gasteiger partial charge in [0.25, 0.3) is 0 Å². The van der Waals surface area contributed by atoms with E-state index in [-0.39, 0.29) is 5.82 Å². The molecule has 0 radical (unpaired) electrons. The molecule has 96 valence electrons. The fraction of sp³-hybridized carbons (Fsp3) is 0.385. The first-order chi connectivity index (χ1) is 8.74. The molecule has 4 nitrogen and oxygen atoms in total. The molecule has 0 saturated carbocycles. The maximum absolute atomic E-state index is 13.1. The normalized spacial score (nSPS) is 10.8. The Morgan fingerprint density at radius 3 is 2.89 bits per heavy atom. The minimum Gasteiger partial charge on any atom is -0.325 e. The smallest absolute Gasteiger partial charge is 0.123 e. The highest BCUT2D eigenvalue weighted by molar-refractivity contribution is 5.18. The summed E-state index contributed by atoms with van der Waals surface area (Å²) in [5, 5.41) is 8.16. The summed E-state index contributed by atoms with van der Waals surface area (Å²) in [7, 11) is 0. The summed E-state index contributed by atoms with van der Waals surface area (Å²) >= 11 is 0. The summed E-state index contributed by atoms with van der Waals surface area (Å²) < 4.78 is 14.9. The molecule has 2 N–H and O–H groups in total. The van der Waals surface area contributed by atoms with Crippen molar-refractivity contribution in [3.8, 4) is 0 Å². The molecule has 0 aliphatic heterocycles. The van der Waals surface area contributed by atoms with Crippen LogP contribution in [0.1, 0.15) is 30.3 Å². The molecule has 2 rings (SSSR count). The van der Waals surface area contributed by atoms with Crippen LogP contribution in [0.2, 0.25) is 0 Å². The van der Waals surface area contributed by atoms with Crippen LogP contribution in [0.25, 0.3) is 0 Å². The summed E-state index contributed by atoms with van der Waals surface area (Å²) in [5.41, 5.74) is 8.38. The lowest BCUT2D eigenvalue weighted by Gasteiger charge is -2.07. The van der Waals surface area contributed by atoms with Crippen LogP contribution in [-0.2, 0) is 19.5 Å². The molecular formula is C13H17FN4. The minimum atomic E-state index is -0.233. The number of benzene rings is 1. The van der Waals surface area contributed by atoms with E-state index in [1.807, 2.05) is 6.07 Å². The second kappa shape index (κ2) is 5.73. The van der Waals surface area contributed by atoms with Crippen LogP contribution in [0.3, 0.4) is 0 Å². The molecule has 0 atom stereocenters. The Balaban J connectivity index is 2.25. The third-order valence-electron chi connectivity index (χ3n) is 2.82. The summed E-state index contributed by atoms with van der Waals surface area (Å²) in [6.45, 7) is 3.01. The van der Waals surface area contributed by atoms with Crippen molar-refractivity contribution in [1.82, 2.24) is 15.0 Å². The van der Waals surface area contributed by atoms with E-state index in [2.05, 4.69) is 17.2 Å². The lowest BCUT2D eigenvalue weighted by Crippen LogP contribution is -2.09. The van der Waals surface area contributed by atoms with E-state index in [1.54, 1.807) is 10.7 Å². The monoisotopic (exact) mass is 248 g/mol. The van der Waals surface area contributed by atoms with Crippen LogP contribution >= 0.6 is 0 Å². The summed E-state index contributed by atoms with van der Waals surface area (Å²) in [6.07, 6.45) is 1.89. The predicted molar refractivity (Wildman–Crippen MR) is 67.4 cm³/mol. The van der Waals surface area contributed by atoms with Crippen molar-refractivity contribution in [2.75, 3.05) is 0 Å². The van der Waals surface area contributed by atoms with Crippen LogP contribution in [-0.4, -0.2) is 15.0 Å². The van der Waals surface area contributed by atoms with E-state index in [1.165, 1.54) is 12.1 Å². The van der Waals surface area contributed by atoms with Crippen molar-refractivity contribution < 1.29 is 4.39 Å². The topological polar surface area (TPSA) is 56.7 Å². The van der Waals surface area contributed by atoms with Gasteiger partial charge in [0.15, 0.2) is 0 Å². The minimum absolute atomic E-state index is 0.233. The van der Waals surface area contributed by atoms with Crippen molar-refractivity contribution in [3.05, 3.63) is 47.0 Å². The molecule has 0 saturated heterocycles. The zero-order valence-corrected chi connectivity index (χ0v) is 10.4. The van der Waals surface area contributed by atoms with Crippen LogP contribution in [0.4, 0.5) is 4.39 Å². The molecule has 0 fully saturated rings. The van der Waals surface area contributed by atoms with Gasteiger partial charge in [0.2, 0.25) is 0 Å². The van der Waals surface area contributed by atoms with Crippen LogP contribution in [0, 0.1) is 5.82 Å². The fourth-order valence-electron chi connectivity index (χ4n) is 1.97. The van der Waals surface area contributed by atoms with Gasteiger partial charge in [-0.25, -0.2) is 9.07 Å². The van der Waals surface area contributed by atoms with Gasteiger partial charge in [0.05, 0.1) is 17.9 Å². The Morgan fingerprint density at radius 1 is 1.39 bits per heavy atom. The number of hydrogen-bond acceptors (Lipinski definition) is 3. The molecule has 18 heavy (non-hydrogen) atoms. The number of nitrogens with zero attached hydrogens (tertiary/aromatic N) is 3. The average molecular weight is 248 g/mol. The second-order valence-electron chi connectivity index (χ2n) is 4.22. The number of nitrogens with two attached hydrogens (primary N) is 1. The van der Waals surface area contributed by atoms with Crippen molar-refractivity contribution in [2.24, 2.45) is 5.73 Å². The fourth-order valence-corrected chi connectivity index (χ4v) is 1.97. The highest BCUT2D eigenvalue weighted by Gasteiger charge is 2.11. The Morgan fingerprint density at radius 2 is 2.22 bits per heavy atom. The number of aromatic nitrogens is 3. The molecule has 0 unspecified atom stereocenters. The van der Waals surface area contributed by atoms with Gasteiger partial charge in [-0.2, -0.15) is 0 Å². The van der Waals surface area contributed by atoms with Crippen molar-refractivity contribution in [2.45, 2.75) is 32.9 Å². The van der Waals surface area contributed by atoms with Gasteiger partial charge in [-0.1, -0.05) is 30.7 Å². The quantitative estimate of drug-likeness (QED) is 0.879. The summed E-state index contributed by atoms with van der Waals surface area (Å²) in [4.78, 5) is 0. The standard InChI is InChI=1S/C13H17FN4/c1-2-4-13-12(8-15)16-17-18(13)9-10-5-3-6-11(14)7-10/h3,5-7H,2,4,8-9,15H2,1H3. The SMILES string of the molecule is CCCc1c(CN)nnn1Cc1cccc(F)c1. The molecule has 0 amide bonds. The van der Waals surface area contributed by atoms with E-state index >= 15 is 0 Å². The third-order valence-corrected chi connectivity index (χ3v) is 2.82. The van der Waals surface area contributed by atoms with Gasteiger partial charge in [-0.15, -0.1) is 5.10 Å². The highest BCUT2D eigenvalue weighted by Crippen LogP contribution is 2.11. The molecule has 0 spiro atoms. The molecule has 2 aromatic rings. The molecule has 1 heterocycles. The van der Waals surface area contributed by atoms with E-state index in [4.69, 9.17) is 5.73 Å². The van der Waals surface area contributed by atoms with Gasteiger partial charge in [-0.05, 0) is 24.1 Å². The molecule has 0 bridgehead atoms. The zero-order valence-electron chi connectivity index (χ0n) is 10.4. The van der Waals surface area contributed by atoms with Crippen LogP contribution < -0.4 is 5.73 Å². The highest BCUT2D eigenvalue weighted by atomic mass is 19.1. The Labute approximate surface area is 106 Å². The Kier molecular flexibility index (Phi) is 4.04. The Hall–Kier alpha value is -1.75. The molecule has 0 aliphatic rings. The van der Waals surface area contributed by atoms with Gasteiger partial charge >= 0.3 is 0 Å². The van der Waals surface area contributed by atoms with E-state index in [0.717, 1.165) is 29.8 Å². The first-order valence-corrected chi connectivity index (χ1v) is 6.10. The van der Waals surface area contributed by atoms with Crippen LogP contribution in [0.15, 0.2) is 24.3 Å². The second-order valence-corrected chi connectivity index (χ2v) is 4.22. The molecule has 5 heteroatoms. The third kappa shape index (κ3) is 2.73. The average Bonchev–Trinajstić information content (AvgIpc) is 2.72. The zero-order chi connectivity index (χ0) is 13.0. The predicted octanol–water partition coefficient (Wildman–Crippen LogP) is 1.88. The van der Waals surface area contributed by atoms with E-state index in [0.29, 0.717) is 13.1 Å². The summed E-state index contributed by atoms with van der Waals surface area (Å²) in [6, 6.07) is 6.52. The van der Waals surface area contributed by atoms with Gasteiger partial charge in [0, 0.05) is 6.54 Å². The molecule has 1 aromatic heterocycles. The first kappa shape index (κ1) is 12.7. The number of hydrogen-bond donors (Lipinski definition) is 1. The van der Waals surface area contributed by atoms with E-state index in [9.17, 15) is 4.39 Å². The van der Waals surface area contributed by atoms with Gasteiger partial charge in [-0.3, -0.25) is 0 Å². The Bertz CT molecular complexity index is 521. The maximum atomic E-state index is 13.1. The maximum Gasteiger partial charge on any atom is 0.123 e. The molecular weight excluding hydrogens is 231 g/mol. The van der Waals surface area contributed by atoms with E-state index < -0.39 is 0 Å². The van der Waals surface area contributed by atoms with Crippen LogP contribution in [0.5, 0.6) is 0 Å². The summed E-state index contributed by atoms with van der Waals surface area (Å²) in [5.74, 6) is -0.233.